The molecule has 0 amide bonds. The summed E-state index contributed by atoms with van der Waals surface area (Å²) in [5.74, 6) is 1.35. The second-order valence-corrected chi connectivity index (χ2v) is 4.68. The number of likely N-dealkylation sites (N-methyl/N-ethyl adjacent to an activating group) is 1. The Balaban J connectivity index is 1.86. The van der Waals surface area contributed by atoms with E-state index in [9.17, 15) is 5.11 Å². The topological polar surface area (TPSA) is 74.4 Å². The van der Waals surface area contributed by atoms with E-state index in [1.54, 1.807) is 0 Å². The van der Waals surface area contributed by atoms with Gasteiger partial charge in [-0.15, -0.1) is 0 Å². The van der Waals surface area contributed by atoms with Crippen LogP contribution in [0.3, 0.4) is 0 Å². The lowest BCUT2D eigenvalue weighted by molar-refractivity contribution is 0.191. The van der Waals surface area contributed by atoms with Crippen molar-refractivity contribution in [1.29, 1.82) is 0 Å². The largest absolute Gasteiger partial charge is 0.392 e. The van der Waals surface area contributed by atoms with E-state index in [4.69, 9.17) is 4.52 Å². The van der Waals surface area contributed by atoms with Crippen LogP contribution in [-0.2, 0) is 6.42 Å². The summed E-state index contributed by atoms with van der Waals surface area (Å²) in [5.41, 5.74) is 0. The van der Waals surface area contributed by atoms with Crippen molar-refractivity contribution in [2.45, 2.75) is 38.8 Å². The predicted molar refractivity (Wildman–Crippen MR) is 67.2 cm³/mol. The highest BCUT2D eigenvalue weighted by Crippen LogP contribution is 2.21. The number of nitrogens with zero attached hydrogens (tertiary/aromatic N) is 3. The first kappa shape index (κ1) is 13.5. The van der Waals surface area contributed by atoms with Gasteiger partial charge in [-0.05, 0) is 19.5 Å². The molecule has 1 fully saturated rings. The Morgan fingerprint density at radius 1 is 1.44 bits per heavy atom. The number of nitrogens with one attached hydrogen (secondary N) is 1. The number of β-amino-alcohol motifs (C(OH)–C–C–N with tert-alkyl or cyclic N) is 1. The Morgan fingerprint density at radius 3 is 2.83 bits per heavy atom. The molecule has 102 valence electrons. The quantitative estimate of drug-likeness (QED) is 0.763. The highest BCUT2D eigenvalue weighted by atomic mass is 16.5. The van der Waals surface area contributed by atoms with Crippen molar-refractivity contribution in [3.05, 3.63) is 11.7 Å². The Hall–Kier alpha value is -0.980. The van der Waals surface area contributed by atoms with Gasteiger partial charge in [-0.25, -0.2) is 0 Å². The van der Waals surface area contributed by atoms with E-state index in [0.29, 0.717) is 18.9 Å². The molecule has 0 bridgehead atoms. The molecule has 1 aliphatic rings. The molecule has 1 aliphatic heterocycles. The van der Waals surface area contributed by atoms with Gasteiger partial charge >= 0.3 is 0 Å². The third-order valence-corrected chi connectivity index (χ3v) is 3.44. The molecule has 0 aromatic carbocycles. The van der Waals surface area contributed by atoms with Crippen molar-refractivity contribution in [3.8, 4) is 0 Å². The average Bonchev–Trinajstić information content (AvgIpc) is 2.99. The van der Waals surface area contributed by atoms with Crippen LogP contribution in [0, 0.1) is 0 Å². The standard InChI is InChI=1S/C12H22N4O2/c1-3-16(4-2)6-5-11-14-12(18-15-11)10-7-9(17)8-13-10/h9-10,13,17H,3-8H2,1-2H3/t9-,10-/m1/s1. The maximum atomic E-state index is 9.45. The predicted octanol–water partition coefficient (Wildman–Crippen LogP) is 0.349. The molecule has 6 heteroatoms. The van der Waals surface area contributed by atoms with Crippen LogP contribution in [0.15, 0.2) is 4.52 Å². The molecular weight excluding hydrogens is 232 g/mol. The first-order valence-corrected chi connectivity index (χ1v) is 6.69. The molecule has 18 heavy (non-hydrogen) atoms. The third kappa shape index (κ3) is 3.28. The van der Waals surface area contributed by atoms with Gasteiger partial charge in [-0.1, -0.05) is 19.0 Å². The second kappa shape index (κ2) is 6.26. The normalized spacial score (nSPS) is 24.0. The van der Waals surface area contributed by atoms with Crippen molar-refractivity contribution < 1.29 is 9.63 Å². The molecule has 0 aliphatic carbocycles. The molecule has 1 aromatic heterocycles. The minimum atomic E-state index is -0.305. The lowest BCUT2D eigenvalue weighted by Gasteiger charge is -2.16. The minimum absolute atomic E-state index is 0.00898. The highest BCUT2D eigenvalue weighted by Gasteiger charge is 2.27. The molecular formula is C12H22N4O2. The summed E-state index contributed by atoms with van der Waals surface area (Å²) in [7, 11) is 0. The van der Waals surface area contributed by atoms with Gasteiger partial charge in [0.1, 0.15) is 0 Å². The van der Waals surface area contributed by atoms with E-state index in [2.05, 4.69) is 34.2 Å². The molecule has 1 saturated heterocycles. The summed E-state index contributed by atoms with van der Waals surface area (Å²) < 4.78 is 5.24. The van der Waals surface area contributed by atoms with E-state index in [1.165, 1.54) is 0 Å². The van der Waals surface area contributed by atoms with Crippen molar-refractivity contribution in [1.82, 2.24) is 20.4 Å². The Kier molecular flexibility index (Phi) is 4.68. The number of aliphatic hydroxyl groups is 1. The van der Waals surface area contributed by atoms with E-state index in [0.717, 1.165) is 31.9 Å². The average molecular weight is 254 g/mol. The van der Waals surface area contributed by atoms with Gasteiger partial charge in [0, 0.05) is 19.5 Å². The lowest BCUT2D eigenvalue weighted by atomic mass is 10.2. The molecule has 2 atom stereocenters. The van der Waals surface area contributed by atoms with Gasteiger partial charge in [0.25, 0.3) is 0 Å². The summed E-state index contributed by atoms with van der Waals surface area (Å²) in [6, 6.07) is 0.00898. The number of hydrogen-bond acceptors (Lipinski definition) is 6. The zero-order valence-corrected chi connectivity index (χ0v) is 11.1. The number of aromatic nitrogens is 2. The van der Waals surface area contributed by atoms with Crippen LogP contribution in [-0.4, -0.2) is 52.4 Å². The Morgan fingerprint density at radius 2 is 2.22 bits per heavy atom. The number of aliphatic hydroxyl groups excluding tert-OH is 1. The summed E-state index contributed by atoms with van der Waals surface area (Å²) in [5, 5.41) is 16.6. The molecule has 0 radical (unpaired) electrons. The van der Waals surface area contributed by atoms with Gasteiger partial charge in [0.05, 0.1) is 12.1 Å². The van der Waals surface area contributed by atoms with E-state index in [1.807, 2.05) is 0 Å². The summed E-state index contributed by atoms with van der Waals surface area (Å²) in [6.45, 7) is 7.92. The second-order valence-electron chi connectivity index (χ2n) is 4.68. The smallest absolute Gasteiger partial charge is 0.243 e. The Labute approximate surface area is 107 Å². The first-order valence-electron chi connectivity index (χ1n) is 6.69. The number of hydrogen-bond donors (Lipinski definition) is 2. The van der Waals surface area contributed by atoms with Crippen LogP contribution in [0.5, 0.6) is 0 Å². The highest BCUT2D eigenvalue weighted by molar-refractivity contribution is 4.97. The van der Waals surface area contributed by atoms with Crippen LogP contribution in [0.4, 0.5) is 0 Å². The maximum Gasteiger partial charge on any atom is 0.243 e. The van der Waals surface area contributed by atoms with Gasteiger partial charge in [-0.3, -0.25) is 0 Å². The number of rotatable bonds is 6. The van der Waals surface area contributed by atoms with Gasteiger partial charge < -0.3 is 19.8 Å². The van der Waals surface area contributed by atoms with Gasteiger partial charge in [0.15, 0.2) is 5.82 Å². The minimum Gasteiger partial charge on any atom is -0.392 e. The molecule has 0 spiro atoms. The van der Waals surface area contributed by atoms with Gasteiger partial charge in [0.2, 0.25) is 5.89 Å². The maximum absolute atomic E-state index is 9.45. The van der Waals surface area contributed by atoms with Crippen LogP contribution in [0.2, 0.25) is 0 Å². The van der Waals surface area contributed by atoms with Crippen molar-refractivity contribution in [3.63, 3.8) is 0 Å². The summed E-state index contributed by atoms with van der Waals surface area (Å²) in [6.07, 6.45) is 1.15. The van der Waals surface area contributed by atoms with Crippen molar-refractivity contribution in [2.75, 3.05) is 26.2 Å². The lowest BCUT2D eigenvalue weighted by Crippen LogP contribution is -2.25. The van der Waals surface area contributed by atoms with Crippen LogP contribution < -0.4 is 5.32 Å². The van der Waals surface area contributed by atoms with E-state index < -0.39 is 0 Å². The van der Waals surface area contributed by atoms with Crippen LogP contribution >= 0.6 is 0 Å². The van der Waals surface area contributed by atoms with Crippen molar-refractivity contribution in [2.24, 2.45) is 0 Å². The van der Waals surface area contributed by atoms with Crippen molar-refractivity contribution >= 4 is 0 Å². The van der Waals surface area contributed by atoms with Crippen LogP contribution in [0.25, 0.3) is 0 Å². The Bertz CT molecular complexity index is 365. The summed E-state index contributed by atoms with van der Waals surface area (Å²) in [4.78, 5) is 6.72. The monoisotopic (exact) mass is 254 g/mol. The summed E-state index contributed by atoms with van der Waals surface area (Å²) >= 11 is 0. The SMILES string of the molecule is CCN(CC)CCc1noc([C@H]2C[C@@H](O)CN2)n1. The molecule has 2 rings (SSSR count). The molecule has 0 saturated carbocycles. The zero-order valence-electron chi connectivity index (χ0n) is 11.1. The molecule has 2 N–H and O–H groups in total. The van der Waals surface area contributed by atoms with E-state index in [-0.39, 0.29) is 12.1 Å². The molecule has 1 aromatic rings. The van der Waals surface area contributed by atoms with Gasteiger partial charge in [-0.2, -0.15) is 4.98 Å². The molecule has 6 nitrogen and oxygen atoms in total. The first-order chi connectivity index (χ1) is 8.72. The zero-order chi connectivity index (χ0) is 13.0. The molecule has 0 unspecified atom stereocenters. The molecule has 2 heterocycles. The fourth-order valence-corrected chi connectivity index (χ4v) is 2.21. The third-order valence-electron chi connectivity index (χ3n) is 3.44. The fraction of sp³-hybridized carbons (Fsp3) is 0.833. The fourth-order valence-electron chi connectivity index (χ4n) is 2.21. The van der Waals surface area contributed by atoms with Crippen LogP contribution in [0.1, 0.15) is 38.0 Å². The van der Waals surface area contributed by atoms with E-state index >= 15 is 0 Å².